The van der Waals surface area contributed by atoms with E-state index in [9.17, 15) is 9.59 Å². The van der Waals surface area contributed by atoms with Gasteiger partial charge < -0.3 is 4.42 Å². The molecule has 0 fully saturated rings. The van der Waals surface area contributed by atoms with Crippen LogP contribution in [0.4, 0.5) is 11.4 Å². The van der Waals surface area contributed by atoms with Gasteiger partial charge >= 0.3 is 5.63 Å². The van der Waals surface area contributed by atoms with Crippen LogP contribution < -0.4 is 10.5 Å². The molecular formula is C20H15NO3. The van der Waals surface area contributed by atoms with E-state index in [2.05, 4.69) is 0 Å². The van der Waals surface area contributed by atoms with Gasteiger partial charge in [0.2, 0.25) is 0 Å². The Balaban J connectivity index is 1.91. The van der Waals surface area contributed by atoms with Crippen LogP contribution in [-0.4, -0.2) is 5.91 Å². The van der Waals surface area contributed by atoms with E-state index in [1.54, 1.807) is 4.90 Å². The summed E-state index contributed by atoms with van der Waals surface area (Å²) in [6, 6.07) is 18.6. The average molecular weight is 317 g/mol. The van der Waals surface area contributed by atoms with Gasteiger partial charge in [0, 0.05) is 6.07 Å². The lowest BCUT2D eigenvalue weighted by molar-refractivity contribution is 0.0997. The molecule has 118 valence electrons. The molecule has 2 aromatic carbocycles. The number of aryl methyl sites for hydroxylation is 2. The van der Waals surface area contributed by atoms with Gasteiger partial charge in [0.25, 0.3) is 5.91 Å². The van der Waals surface area contributed by atoms with Gasteiger partial charge in [0.15, 0.2) is 0 Å². The van der Waals surface area contributed by atoms with E-state index >= 15 is 0 Å². The van der Waals surface area contributed by atoms with Gasteiger partial charge in [-0.25, -0.2) is 4.79 Å². The van der Waals surface area contributed by atoms with Crippen LogP contribution in [-0.2, 0) is 12.8 Å². The molecule has 24 heavy (non-hydrogen) atoms. The van der Waals surface area contributed by atoms with Crippen LogP contribution in [0, 0.1) is 0 Å². The monoisotopic (exact) mass is 317 g/mol. The third-order valence-electron chi connectivity index (χ3n) is 4.28. The summed E-state index contributed by atoms with van der Waals surface area (Å²) in [5.41, 5.74) is 3.88. The zero-order chi connectivity index (χ0) is 16.5. The van der Waals surface area contributed by atoms with E-state index in [0.717, 1.165) is 35.3 Å². The second-order valence-electron chi connectivity index (χ2n) is 5.74. The highest BCUT2D eigenvalue weighted by molar-refractivity contribution is 6.11. The van der Waals surface area contributed by atoms with Crippen LogP contribution in [0.25, 0.3) is 0 Å². The van der Waals surface area contributed by atoms with Gasteiger partial charge in [-0.05, 0) is 42.2 Å². The second-order valence-corrected chi connectivity index (χ2v) is 5.74. The highest BCUT2D eigenvalue weighted by Crippen LogP contribution is 2.36. The maximum absolute atomic E-state index is 13.2. The van der Waals surface area contributed by atoms with Crippen molar-refractivity contribution >= 4 is 17.3 Å². The number of rotatable bonds is 1. The Morgan fingerprint density at radius 2 is 1.42 bits per heavy atom. The molecule has 4 rings (SSSR count). The maximum Gasteiger partial charge on any atom is 0.335 e. The molecule has 1 aliphatic heterocycles. The number of para-hydroxylation sites is 2. The molecule has 0 spiro atoms. The summed E-state index contributed by atoms with van der Waals surface area (Å²) >= 11 is 0. The Labute approximate surface area is 139 Å². The number of carbonyl (C=O) groups excluding carboxylic acids is 1. The number of benzene rings is 2. The smallest absolute Gasteiger partial charge is 0.335 e. The molecule has 0 bridgehead atoms. The Morgan fingerprint density at radius 3 is 1.96 bits per heavy atom. The van der Waals surface area contributed by atoms with Gasteiger partial charge in [0.05, 0.1) is 16.9 Å². The molecule has 0 radical (unpaired) electrons. The molecular weight excluding hydrogens is 302 g/mol. The molecule has 0 atom stereocenters. The Kier molecular flexibility index (Phi) is 3.50. The number of nitrogens with zero attached hydrogens (tertiary/aromatic N) is 1. The molecule has 1 aromatic heterocycles. The lowest BCUT2D eigenvalue weighted by Gasteiger charge is -2.24. The van der Waals surface area contributed by atoms with Crippen molar-refractivity contribution in [3.05, 3.63) is 94.0 Å². The molecule has 4 nitrogen and oxygen atoms in total. The zero-order valence-electron chi connectivity index (χ0n) is 12.9. The van der Waals surface area contributed by atoms with Crippen molar-refractivity contribution in [1.29, 1.82) is 0 Å². The molecule has 0 saturated carbocycles. The van der Waals surface area contributed by atoms with Crippen molar-refractivity contribution in [2.75, 3.05) is 4.90 Å². The lowest BCUT2D eigenvalue weighted by atomic mass is 10.0. The van der Waals surface area contributed by atoms with E-state index < -0.39 is 5.63 Å². The molecule has 4 heteroatoms. The van der Waals surface area contributed by atoms with Crippen molar-refractivity contribution in [1.82, 2.24) is 0 Å². The summed E-state index contributed by atoms with van der Waals surface area (Å²) in [6.45, 7) is 0. The third-order valence-corrected chi connectivity index (χ3v) is 4.28. The molecule has 0 unspecified atom stereocenters. The zero-order valence-corrected chi connectivity index (χ0v) is 12.9. The fourth-order valence-corrected chi connectivity index (χ4v) is 3.11. The third kappa shape index (κ3) is 2.42. The number of amides is 1. The highest BCUT2D eigenvalue weighted by Gasteiger charge is 2.26. The van der Waals surface area contributed by atoms with Crippen LogP contribution in [0.1, 0.15) is 21.5 Å². The SMILES string of the molecule is O=C(c1ccc(=O)oc1)N1c2ccccc2CCc2ccccc21. The Bertz CT molecular complexity index is 906. The van der Waals surface area contributed by atoms with Crippen molar-refractivity contribution in [3.8, 4) is 0 Å². The summed E-state index contributed by atoms with van der Waals surface area (Å²) < 4.78 is 4.87. The van der Waals surface area contributed by atoms with Crippen LogP contribution in [0.15, 0.2) is 76.1 Å². The first kappa shape index (κ1) is 14.5. The largest absolute Gasteiger partial charge is 0.430 e. The quantitative estimate of drug-likeness (QED) is 0.687. The average Bonchev–Trinajstić information content (AvgIpc) is 2.79. The van der Waals surface area contributed by atoms with Gasteiger partial charge in [-0.2, -0.15) is 0 Å². The summed E-state index contributed by atoms with van der Waals surface area (Å²) in [7, 11) is 0. The minimum absolute atomic E-state index is 0.208. The maximum atomic E-state index is 13.2. The molecule has 2 heterocycles. The fourth-order valence-electron chi connectivity index (χ4n) is 3.11. The number of anilines is 2. The predicted octanol–water partition coefficient (Wildman–Crippen LogP) is 3.72. The summed E-state index contributed by atoms with van der Waals surface area (Å²) in [6.07, 6.45) is 2.97. The fraction of sp³-hybridized carbons (Fsp3) is 0.100. The van der Waals surface area contributed by atoms with Gasteiger partial charge in [-0.1, -0.05) is 36.4 Å². The number of hydrogen-bond acceptors (Lipinski definition) is 3. The Morgan fingerprint density at radius 1 is 0.833 bits per heavy atom. The van der Waals surface area contributed by atoms with E-state index in [-0.39, 0.29) is 5.91 Å². The molecule has 1 aliphatic rings. The summed E-state index contributed by atoms with van der Waals surface area (Å²) in [5, 5.41) is 0. The van der Waals surface area contributed by atoms with Crippen LogP contribution in [0.3, 0.4) is 0 Å². The number of hydrogen-bond donors (Lipinski definition) is 0. The minimum atomic E-state index is -0.469. The van der Waals surface area contributed by atoms with Crippen molar-refractivity contribution in [2.24, 2.45) is 0 Å². The van der Waals surface area contributed by atoms with Crippen molar-refractivity contribution < 1.29 is 9.21 Å². The predicted molar refractivity (Wildman–Crippen MR) is 91.7 cm³/mol. The van der Waals surface area contributed by atoms with Crippen molar-refractivity contribution in [3.63, 3.8) is 0 Å². The van der Waals surface area contributed by atoms with Gasteiger partial charge in [0.1, 0.15) is 6.26 Å². The first-order valence-electron chi connectivity index (χ1n) is 7.83. The standard InChI is InChI=1S/C20H15NO3/c22-19-12-11-16(13-24-19)20(23)21-17-7-3-1-5-14(17)9-10-15-6-2-4-8-18(15)21/h1-8,11-13H,9-10H2. The first-order valence-corrected chi connectivity index (χ1v) is 7.83. The second kappa shape index (κ2) is 5.81. The topological polar surface area (TPSA) is 50.5 Å². The number of carbonyl (C=O) groups is 1. The minimum Gasteiger partial charge on any atom is -0.430 e. The normalized spacial score (nSPS) is 12.9. The molecule has 1 amide bonds. The van der Waals surface area contributed by atoms with E-state index in [4.69, 9.17) is 4.42 Å². The van der Waals surface area contributed by atoms with Gasteiger partial charge in [-0.3, -0.25) is 9.69 Å². The summed E-state index contributed by atoms with van der Waals surface area (Å²) in [4.78, 5) is 26.0. The van der Waals surface area contributed by atoms with Crippen molar-refractivity contribution in [2.45, 2.75) is 12.8 Å². The first-order chi connectivity index (χ1) is 11.7. The number of fused-ring (bicyclic) bond motifs is 2. The lowest BCUT2D eigenvalue weighted by Crippen LogP contribution is -2.27. The molecule has 0 aliphatic carbocycles. The summed E-state index contributed by atoms with van der Waals surface area (Å²) in [5.74, 6) is -0.208. The van der Waals surface area contributed by atoms with Crippen LogP contribution in [0.5, 0.6) is 0 Å². The van der Waals surface area contributed by atoms with Gasteiger partial charge in [-0.15, -0.1) is 0 Å². The van der Waals surface area contributed by atoms with E-state index in [1.165, 1.54) is 18.4 Å². The molecule has 3 aromatic rings. The van der Waals surface area contributed by atoms with E-state index in [1.807, 2.05) is 48.5 Å². The molecule has 0 saturated heterocycles. The van der Waals surface area contributed by atoms with Crippen LogP contribution >= 0.6 is 0 Å². The van der Waals surface area contributed by atoms with E-state index in [0.29, 0.717) is 5.56 Å². The molecule has 0 N–H and O–H groups in total. The Hall–Kier alpha value is -3.14. The van der Waals surface area contributed by atoms with Crippen LogP contribution in [0.2, 0.25) is 0 Å². The highest BCUT2D eigenvalue weighted by atomic mass is 16.4.